The topological polar surface area (TPSA) is 78.9 Å². The van der Waals surface area contributed by atoms with Gasteiger partial charge in [-0.3, -0.25) is 4.18 Å². The van der Waals surface area contributed by atoms with Gasteiger partial charge in [0.05, 0.1) is 19.5 Å². The van der Waals surface area contributed by atoms with Crippen LogP contribution >= 0.6 is 11.8 Å². The lowest BCUT2D eigenvalue weighted by molar-refractivity contribution is -0.145. The monoisotopic (exact) mass is 390 g/mol. The number of hydrogen-bond acceptors (Lipinski definition) is 7. The highest BCUT2D eigenvalue weighted by atomic mass is 32.2. The van der Waals surface area contributed by atoms with E-state index in [1.165, 1.54) is 0 Å². The van der Waals surface area contributed by atoms with Crippen LogP contribution in [0.3, 0.4) is 0 Å². The number of hydrogen-bond donors (Lipinski definition) is 0. The Kier molecular flexibility index (Phi) is 10.6. The van der Waals surface area contributed by atoms with Crippen molar-refractivity contribution >= 4 is 27.8 Å². The molecule has 142 valence electrons. The lowest BCUT2D eigenvalue weighted by atomic mass is 10.2. The zero-order valence-corrected chi connectivity index (χ0v) is 16.4. The van der Waals surface area contributed by atoms with Gasteiger partial charge in [-0.25, -0.2) is 4.79 Å². The van der Waals surface area contributed by atoms with Gasteiger partial charge in [0.15, 0.2) is 6.61 Å². The number of ether oxygens (including phenoxy) is 2. The lowest BCUT2D eigenvalue weighted by Crippen LogP contribution is -2.14. The molecule has 8 heteroatoms. The smallest absolute Gasteiger partial charge is 0.344 e. The highest BCUT2D eigenvalue weighted by Crippen LogP contribution is 2.22. The van der Waals surface area contributed by atoms with Crippen LogP contribution in [0.2, 0.25) is 0 Å². The van der Waals surface area contributed by atoms with Crippen LogP contribution in [0.5, 0.6) is 5.75 Å². The molecule has 0 aromatic heterocycles. The second-order valence-corrected chi connectivity index (χ2v) is 8.17. The van der Waals surface area contributed by atoms with E-state index in [0.29, 0.717) is 12.4 Å². The molecule has 0 amide bonds. The molecule has 0 unspecified atom stereocenters. The average molecular weight is 391 g/mol. The number of unbranched alkanes of at least 4 members (excludes halogenated alkanes) is 3. The minimum Gasteiger partial charge on any atom is -0.482 e. The molecule has 0 atom stereocenters. The summed E-state index contributed by atoms with van der Waals surface area (Å²) in [5.74, 6) is 1.27. The Hall–Kier alpha value is -1.25. The molecule has 25 heavy (non-hydrogen) atoms. The van der Waals surface area contributed by atoms with Crippen LogP contribution in [0, 0.1) is 0 Å². The van der Waals surface area contributed by atoms with Gasteiger partial charge in [-0.05, 0) is 49.8 Å². The first-order chi connectivity index (χ1) is 11.9. The molecule has 0 heterocycles. The number of esters is 1. The summed E-state index contributed by atoms with van der Waals surface area (Å²) in [5, 5.41) is 0. The summed E-state index contributed by atoms with van der Waals surface area (Å²) in [4.78, 5) is 12.4. The van der Waals surface area contributed by atoms with E-state index < -0.39 is 10.1 Å². The van der Waals surface area contributed by atoms with Crippen LogP contribution < -0.4 is 4.74 Å². The van der Waals surface area contributed by atoms with Crippen LogP contribution in [-0.4, -0.2) is 46.2 Å². The van der Waals surface area contributed by atoms with Gasteiger partial charge >= 0.3 is 5.97 Å². The first kappa shape index (κ1) is 21.8. The zero-order chi connectivity index (χ0) is 18.5. The summed E-state index contributed by atoms with van der Waals surface area (Å²) in [5.41, 5.74) is 0. The predicted molar refractivity (Wildman–Crippen MR) is 98.6 cm³/mol. The van der Waals surface area contributed by atoms with Crippen LogP contribution in [0.4, 0.5) is 0 Å². The molecule has 0 aliphatic carbocycles. The first-order valence-electron chi connectivity index (χ1n) is 8.26. The third kappa shape index (κ3) is 11.9. The molecule has 1 aromatic carbocycles. The van der Waals surface area contributed by atoms with E-state index in [4.69, 9.17) is 13.7 Å². The normalized spacial score (nSPS) is 11.3. The largest absolute Gasteiger partial charge is 0.482 e. The Labute approximate surface area is 154 Å². The molecular formula is C17H26O6S2. The van der Waals surface area contributed by atoms with Crippen molar-refractivity contribution in [1.29, 1.82) is 0 Å². The Morgan fingerprint density at radius 2 is 1.76 bits per heavy atom. The first-order valence-corrected chi connectivity index (χ1v) is 11.1. The molecular weight excluding hydrogens is 364 g/mol. The minimum absolute atomic E-state index is 0.0800. The zero-order valence-electron chi connectivity index (χ0n) is 14.7. The van der Waals surface area contributed by atoms with Crippen molar-refractivity contribution < 1.29 is 26.9 Å². The maximum Gasteiger partial charge on any atom is 0.344 e. The van der Waals surface area contributed by atoms with E-state index in [1.54, 1.807) is 18.7 Å². The van der Waals surface area contributed by atoms with Gasteiger partial charge in [-0.1, -0.05) is 12.8 Å². The summed E-state index contributed by atoms with van der Waals surface area (Å²) >= 11 is 1.76. The fraction of sp³-hybridized carbons (Fsp3) is 0.588. The van der Waals surface area contributed by atoms with Gasteiger partial charge < -0.3 is 9.47 Å². The van der Waals surface area contributed by atoms with Crippen LogP contribution in [-0.2, 0) is 23.8 Å². The molecule has 6 nitrogen and oxygen atoms in total. The predicted octanol–water partition coefficient (Wildman–Crippen LogP) is 3.26. The molecule has 0 fully saturated rings. The summed E-state index contributed by atoms with van der Waals surface area (Å²) in [7, 11) is -3.31. The highest BCUT2D eigenvalue weighted by molar-refractivity contribution is 7.99. The summed E-state index contributed by atoms with van der Waals surface area (Å²) < 4.78 is 36.4. The van der Waals surface area contributed by atoms with Crippen molar-refractivity contribution in [2.45, 2.75) is 37.5 Å². The van der Waals surface area contributed by atoms with E-state index in [-0.39, 0.29) is 19.2 Å². The third-order valence-electron chi connectivity index (χ3n) is 3.09. The van der Waals surface area contributed by atoms with E-state index >= 15 is 0 Å². The minimum atomic E-state index is -3.31. The summed E-state index contributed by atoms with van der Waals surface area (Å²) in [6.07, 6.45) is 4.88. The fourth-order valence-electron chi connectivity index (χ4n) is 1.94. The standard InChI is InChI=1S/C17H26O6S2/c1-3-21-17(18)14-22-15-8-10-16(11-9-15)24-13-7-5-4-6-12-23-25(2,19)20/h8-11H,3-7,12-14H2,1-2H3. The quantitative estimate of drug-likeness (QED) is 0.221. The molecule has 0 aliphatic rings. The second kappa shape index (κ2) is 12.2. The molecule has 0 spiro atoms. The molecule has 0 saturated heterocycles. The maximum atomic E-state index is 11.2. The van der Waals surface area contributed by atoms with Gasteiger partial charge in [-0.2, -0.15) is 8.42 Å². The molecule has 0 radical (unpaired) electrons. The van der Waals surface area contributed by atoms with E-state index in [9.17, 15) is 13.2 Å². The fourth-order valence-corrected chi connectivity index (χ4v) is 3.27. The van der Waals surface area contributed by atoms with Crippen molar-refractivity contribution in [2.24, 2.45) is 0 Å². The lowest BCUT2D eigenvalue weighted by Gasteiger charge is -2.07. The van der Waals surface area contributed by atoms with Gasteiger partial charge in [0.2, 0.25) is 0 Å². The highest BCUT2D eigenvalue weighted by Gasteiger charge is 2.03. The number of carbonyl (C=O) groups excluding carboxylic acids is 1. The van der Waals surface area contributed by atoms with E-state index in [2.05, 4.69) is 0 Å². The van der Waals surface area contributed by atoms with Crippen LogP contribution in [0.15, 0.2) is 29.2 Å². The van der Waals surface area contributed by atoms with Crippen molar-refractivity contribution in [3.8, 4) is 5.75 Å². The second-order valence-electron chi connectivity index (χ2n) is 5.35. The Balaban J connectivity index is 2.10. The Morgan fingerprint density at radius 1 is 1.08 bits per heavy atom. The number of carbonyl (C=O) groups is 1. The van der Waals surface area contributed by atoms with Gasteiger partial charge in [0.1, 0.15) is 5.75 Å². The molecule has 0 aliphatic heterocycles. The van der Waals surface area contributed by atoms with Crippen molar-refractivity contribution in [3.05, 3.63) is 24.3 Å². The van der Waals surface area contributed by atoms with Gasteiger partial charge in [0, 0.05) is 4.90 Å². The Morgan fingerprint density at radius 3 is 2.40 bits per heavy atom. The van der Waals surface area contributed by atoms with Gasteiger partial charge in [-0.15, -0.1) is 11.8 Å². The number of thioether (sulfide) groups is 1. The average Bonchev–Trinajstić information content (AvgIpc) is 2.56. The summed E-state index contributed by atoms with van der Waals surface area (Å²) in [6.45, 7) is 2.29. The SMILES string of the molecule is CCOC(=O)COc1ccc(SCCCCCCOS(C)(=O)=O)cc1. The van der Waals surface area contributed by atoms with Crippen LogP contribution in [0.25, 0.3) is 0 Å². The Bertz CT molecular complexity index is 598. The van der Waals surface area contributed by atoms with Crippen molar-refractivity contribution in [1.82, 2.24) is 0 Å². The van der Waals surface area contributed by atoms with Crippen molar-refractivity contribution in [2.75, 3.05) is 31.8 Å². The van der Waals surface area contributed by atoms with E-state index in [0.717, 1.165) is 42.6 Å². The molecule has 0 N–H and O–H groups in total. The van der Waals surface area contributed by atoms with Crippen molar-refractivity contribution in [3.63, 3.8) is 0 Å². The van der Waals surface area contributed by atoms with E-state index in [1.807, 2.05) is 24.3 Å². The molecule has 0 saturated carbocycles. The van der Waals surface area contributed by atoms with Crippen LogP contribution in [0.1, 0.15) is 32.6 Å². The third-order valence-corrected chi connectivity index (χ3v) is 4.78. The molecule has 0 bridgehead atoms. The molecule has 1 rings (SSSR count). The number of rotatable bonds is 13. The summed E-state index contributed by atoms with van der Waals surface area (Å²) in [6, 6.07) is 7.60. The molecule has 1 aromatic rings. The van der Waals surface area contributed by atoms with Gasteiger partial charge in [0.25, 0.3) is 10.1 Å². The number of benzene rings is 1. The maximum absolute atomic E-state index is 11.2.